The minimum Gasteiger partial charge on any atom is -0.270 e. The van der Waals surface area contributed by atoms with Crippen molar-refractivity contribution >= 4 is 7.59 Å². The molecular weight excluding hydrogens is 209 g/mol. The minimum absolute atomic E-state index is 0.504. The molecule has 88 valence electrons. The summed E-state index contributed by atoms with van der Waals surface area (Å²) in [4.78, 5) is 0. The fraction of sp³-hybridized carbons (Fsp3) is 1.00. The lowest BCUT2D eigenvalue weighted by Crippen LogP contribution is -2.28. The molecule has 4 nitrogen and oxygen atoms in total. The van der Waals surface area contributed by atoms with Gasteiger partial charge in [0.05, 0.1) is 0 Å². The Labute approximate surface area is 92.7 Å². The standard InChI is InChI=1S/C10H22N3OP/c1-5-11(6-2)15(14,12-7-9(12)3)13-8-10(13)4/h9-10H,5-8H2,1-4H3. The van der Waals surface area contributed by atoms with Crippen molar-refractivity contribution in [2.24, 2.45) is 0 Å². The van der Waals surface area contributed by atoms with Gasteiger partial charge in [0.2, 0.25) is 0 Å². The summed E-state index contributed by atoms with van der Waals surface area (Å²) in [5.41, 5.74) is 0. The van der Waals surface area contributed by atoms with Crippen LogP contribution in [0, 0.1) is 0 Å². The van der Waals surface area contributed by atoms with Gasteiger partial charge >= 0.3 is 0 Å². The number of hydrogen-bond acceptors (Lipinski definition) is 1. The lowest BCUT2D eigenvalue weighted by molar-refractivity contribution is 0.380. The molecule has 2 saturated heterocycles. The summed E-state index contributed by atoms with van der Waals surface area (Å²) >= 11 is 0. The van der Waals surface area contributed by atoms with Gasteiger partial charge in [0, 0.05) is 38.3 Å². The van der Waals surface area contributed by atoms with E-state index in [1.54, 1.807) is 0 Å². The van der Waals surface area contributed by atoms with Gasteiger partial charge in [-0.05, 0) is 13.8 Å². The summed E-state index contributed by atoms with van der Waals surface area (Å²) in [5, 5.41) is 0. The van der Waals surface area contributed by atoms with E-state index in [-0.39, 0.29) is 0 Å². The fourth-order valence-electron chi connectivity index (χ4n) is 2.24. The quantitative estimate of drug-likeness (QED) is 0.533. The Hall–Kier alpha value is 0.110. The van der Waals surface area contributed by atoms with E-state index in [0.717, 1.165) is 26.2 Å². The third kappa shape index (κ3) is 1.78. The molecule has 0 aromatic carbocycles. The molecule has 2 aliphatic heterocycles. The van der Waals surface area contributed by atoms with Gasteiger partial charge in [-0.3, -0.25) is 4.57 Å². The smallest absolute Gasteiger partial charge is 0.270 e. The van der Waals surface area contributed by atoms with E-state index in [9.17, 15) is 4.57 Å². The van der Waals surface area contributed by atoms with Crippen molar-refractivity contribution < 1.29 is 4.57 Å². The number of hydrogen-bond donors (Lipinski definition) is 0. The van der Waals surface area contributed by atoms with Crippen LogP contribution < -0.4 is 0 Å². The summed E-state index contributed by atoms with van der Waals surface area (Å²) in [6.45, 7) is 12.3. The molecule has 0 saturated carbocycles. The fourth-order valence-corrected chi connectivity index (χ4v) is 5.85. The molecule has 2 heterocycles. The maximum atomic E-state index is 13.1. The topological polar surface area (TPSA) is 26.3 Å². The van der Waals surface area contributed by atoms with E-state index in [2.05, 4.69) is 41.7 Å². The second-order valence-corrected chi connectivity index (χ2v) is 7.21. The van der Waals surface area contributed by atoms with E-state index >= 15 is 0 Å². The molecule has 2 rings (SSSR count). The molecule has 4 atom stereocenters. The molecule has 0 N–H and O–H groups in total. The molecule has 4 unspecified atom stereocenters. The zero-order valence-corrected chi connectivity index (χ0v) is 11.1. The van der Waals surface area contributed by atoms with E-state index < -0.39 is 7.59 Å². The first-order valence-electron chi connectivity index (χ1n) is 5.95. The first-order valence-corrected chi connectivity index (χ1v) is 7.51. The molecular formula is C10H22N3OP. The second kappa shape index (κ2) is 3.85. The number of nitrogens with zero attached hydrogens (tertiary/aromatic N) is 3. The van der Waals surface area contributed by atoms with Crippen LogP contribution in [0.1, 0.15) is 27.7 Å². The third-order valence-electron chi connectivity index (χ3n) is 3.42. The molecule has 15 heavy (non-hydrogen) atoms. The summed E-state index contributed by atoms with van der Waals surface area (Å²) in [6, 6.07) is 1.01. The van der Waals surface area contributed by atoms with Gasteiger partial charge in [0.1, 0.15) is 0 Å². The van der Waals surface area contributed by atoms with Crippen LogP contribution in [0.4, 0.5) is 0 Å². The van der Waals surface area contributed by atoms with Crippen LogP contribution in [0.3, 0.4) is 0 Å². The SMILES string of the molecule is CCN(CC)P(=O)(N1CC1C)N1CC1C. The largest absolute Gasteiger partial charge is 0.287 e. The lowest BCUT2D eigenvalue weighted by Gasteiger charge is -2.32. The van der Waals surface area contributed by atoms with Gasteiger partial charge in [-0.25, -0.2) is 14.0 Å². The van der Waals surface area contributed by atoms with Gasteiger partial charge in [-0.1, -0.05) is 13.8 Å². The van der Waals surface area contributed by atoms with Gasteiger partial charge < -0.3 is 0 Å². The highest BCUT2D eigenvalue weighted by Gasteiger charge is 2.57. The summed E-state index contributed by atoms with van der Waals surface area (Å²) in [6.07, 6.45) is 0. The maximum Gasteiger partial charge on any atom is 0.287 e. The van der Waals surface area contributed by atoms with Crippen LogP contribution in [0.25, 0.3) is 0 Å². The normalized spacial score (nSPS) is 42.7. The summed E-state index contributed by atoms with van der Waals surface area (Å²) in [5.74, 6) is 0. The van der Waals surface area contributed by atoms with Crippen molar-refractivity contribution in [3.63, 3.8) is 0 Å². The molecule has 0 amide bonds. The minimum atomic E-state index is -2.36. The van der Waals surface area contributed by atoms with Crippen molar-refractivity contribution in [1.29, 1.82) is 0 Å². The Balaban J connectivity index is 2.19. The van der Waals surface area contributed by atoms with Crippen LogP contribution >= 0.6 is 7.59 Å². The van der Waals surface area contributed by atoms with Gasteiger partial charge in [0.15, 0.2) is 0 Å². The van der Waals surface area contributed by atoms with E-state index in [1.807, 2.05) is 0 Å². The van der Waals surface area contributed by atoms with Crippen LogP contribution in [0.5, 0.6) is 0 Å². The molecule has 0 bridgehead atoms. The molecule has 0 aromatic heterocycles. The Morgan fingerprint density at radius 3 is 1.67 bits per heavy atom. The van der Waals surface area contributed by atoms with Crippen molar-refractivity contribution in [1.82, 2.24) is 14.0 Å². The zero-order valence-electron chi connectivity index (χ0n) is 10.2. The molecule has 5 heteroatoms. The Bertz CT molecular complexity index is 272. The average Bonchev–Trinajstić information content (AvgIpc) is 3.07. The first kappa shape index (κ1) is 11.6. The molecule has 0 spiro atoms. The second-order valence-electron chi connectivity index (χ2n) is 4.59. The third-order valence-corrected chi connectivity index (χ3v) is 7.18. The Morgan fingerprint density at radius 2 is 1.47 bits per heavy atom. The highest BCUT2D eigenvalue weighted by molar-refractivity contribution is 7.57. The molecule has 0 radical (unpaired) electrons. The van der Waals surface area contributed by atoms with Gasteiger partial charge in [-0.2, -0.15) is 0 Å². The predicted octanol–water partition coefficient (Wildman–Crippen LogP) is 1.84. The van der Waals surface area contributed by atoms with Crippen LogP contribution in [0.15, 0.2) is 0 Å². The monoisotopic (exact) mass is 231 g/mol. The highest BCUT2D eigenvalue weighted by atomic mass is 31.2. The zero-order chi connectivity index (χ0) is 11.2. The van der Waals surface area contributed by atoms with E-state index in [4.69, 9.17) is 0 Å². The summed E-state index contributed by atoms with van der Waals surface area (Å²) in [7, 11) is -2.36. The van der Waals surface area contributed by atoms with Crippen molar-refractivity contribution in [3.05, 3.63) is 0 Å². The van der Waals surface area contributed by atoms with Crippen LogP contribution in [-0.4, -0.2) is 52.3 Å². The highest BCUT2D eigenvalue weighted by Crippen LogP contribution is 2.66. The molecule has 2 aliphatic rings. The van der Waals surface area contributed by atoms with E-state index in [0.29, 0.717) is 12.1 Å². The van der Waals surface area contributed by atoms with Crippen molar-refractivity contribution in [3.8, 4) is 0 Å². The van der Waals surface area contributed by atoms with Gasteiger partial charge in [-0.15, -0.1) is 0 Å². The lowest BCUT2D eigenvalue weighted by atomic mass is 10.6. The van der Waals surface area contributed by atoms with Crippen LogP contribution in [0.2, 0.25) is 0 Å². The van der Waals surface area contributed by atoms with Crippen molar-refractivity contribution in [2.75, 3.05) is 26.2 Å². The first-order chi connectivity index (χ1) is 7.05. The molecule has 0 aromatic rings. The maximum absolute atomic E-state index is 13.1. The predicted molar refractivity (Wildman–Crippen MR) is 62.9 cm³/mol. The molecule has 2 fully saturated rings. The Morgan fingerprint density at radius 1 is 1.13 bits per heavy atom. The molecule has 0 aliphatic carbocycles. The number of rotatable bonds is 5. The van der Waals surface area contributed by atoms with Crippen molar-refractivity contribution in [2.45, 2.75) is 39.8 Å². The van der Waals surface area contributed by atoms with Crippen LogP contribution in [-0.2, 0) is 4.57 Å². The van der Waals surface area contributed by atoms with Gasteiger partial charge in [0.25, 0.3) is 7.59 Å². The average molecular weight is 231 g/mol. The summed E-state index contributed by atoms with van der Waals surface area (Å²) < 4.78 is 19.6. The Kier molecular flexibility index (Phi) is 2.97. The van der Waals surface area contributed by atoms with E-state index in [1.165, 1.54) is 0 Å².